The molecule has 1 aliphatic rings. The fourth-order valence-electron chi connectivity index (χ4n) is 2.76. The predicted octanol–water partition coefficient (Wildman–Crippen LogP) is 3.93. The first kappa shape index (κ1) is 17.5. The Balaban J connectivity index is 1.63. The summed E-state index contributed by atoms with van der Waals surface area (Å²) in [4.78, 5) is 14.3. The smallest absolute Gasteiger partial charge is 0.277 e. The Bertz CT molecular complexity index is 731. The Morgan fingerprint density at radius 3 is 3.00 bits per heavy atom. The van der Waals surface area contributed by atoms with Crippen LogP contribution in [0, 0.1) is 5.92 Å². The molecule has 0 aromatic carbocycles. The number of amides is 1. The van der Waals surface area contributed by atoms with Crippen LogP contribution in [0.25, 0.3) is 10.8 Å². The number of fused-ring (bicyclic) bond motifs is 1. The van der Waals surface area contributed by atoms with Crippen LogP contribution in [0.4, 0.5) is 0 Å². The van der Waals surface area contributed by atoms with Crippen molar-refractivity contribution in [2.45, 2.75) is 57.7 Å². The van der Waals surface area contributed by atoms with E-state index in [4.69, 9.17) is 4.42 Å². The summed E-state index contributed by atoms with van der Waals surface area (Å²) in [5.74, 6) is 1.54. The second-order valence-electron chi connectivity index (χ2n) is 7.37. The molecule has 0 bridgehead atoms. The molecule has 0 unspecified atom stereocenters. The second kappa shape index (κ2) is 6.88. The fraction of sp³-hybridized carbons (Fsp3) is 0.588. The molecule has 0 spiro atoms. The number of carbonyl (C=O) groups excluding carboxylic acids is 1. The van der Waals surface area contributed by atoms with Gasteiger partial charge >= 0.3 is 0 Å². The number of carbonyl (C=O) groups is 1. The highest BCUT2D eigenvalue weighted by atomic mass is 32.2. The maximum Gasteiger partial charge on any atom is 0.277 e. The van der Waals surface area contributed by atoms with Crippen LogP contribution < -0.4 is 5.32 Å². The molecule has 2 aromatic heterocycles. The first-order chi connectivity index (χ1) is 11.3. The van der Waals surface area contributed by atoms with Gasteiger partial charge in [0.15, 0.2) is 0 Å². The number of rotatable bonds is 4. The first-order valence-electron chi connectivity index (χ1n) is 8.19. The van der Waals surface area contributed by atoms with Crippen molar-refractivity contribution in [2.75, 3.05) is 5.75 Å². The zero-order valence-electron chi connectivity index (χ0n) is 14.5. The third kappa shape index (κ3) is 4.39. The highest BCUT2D eigenvalue weighted by molar-refractivity contribution is 7.99. The molecular weight excluding hydrogens is 342 g/mol. The minimum Gasteiger partial charge on any atom is -0.410 e. The lowest BCUT2D eigenvalue weighted by Crippen LogP contribution is -2.41. The van der Waals surface area contributed by atoms with Gasteiger partial charge in [-0.15, -0.1) is 21.5 Å². The molecule has 1 amide bonds. The van der Waals surface area contributed by atoms with E-state index < -0.39 is 0 Å². The number of hydrogen-bond acceptors (Lipinski definition) is 6. The SMILES string of the molecule is C[C@H]1CCc2sc(-c3nnc(SCC(=O)NC(C)(C)C)o3)cc2C1. The molecule has 1 atom stereocenters. The number of aromatic nitrogens is 2. The maximum atomic E-state index is 11.9. The molecular formula is C17H23N3O2S2. The number of thiophene rings is 1. The molecule has 2 heterocycles. The Hall–Kier alpha value is -1.34. The van der Waals surface area contributed by atoms with E-state index in [0.717, 1.165) is 23.6 Å². The van der Waals surface area contributed by atoms with Gasteiger partial charge in [-0.2, -0.15) is 0 Å². The van der Waals surface area contributed by atoms with Crippen LogP contribution >= 0.6 is 23.1 Å². The highest BCUT2D eigenvalue weighted by Gasteiger charge is 2.21. The summed E-state index contributed by atoms with van der Waals surface area (Å²) < 4.78 is 5.73. The van der Waals surface area contributed by atoms with Crippen LogP contribution in [0.2, 0.25) is 0 Å². The van der Waals surface area contributed by atoms with Gasteiger partial charge in [0.1, 0.15) is 0 Å². The van der Waals surface area contributed by atoms with Crippen molar-refractivity contribution in [1.29, 1.82) is 0 Å². The molecule has 1 N–H and O–H groups in total. The zero-order chi connectivity index (χ0) is 17.3. The van der Waals surface area contributed by atoms with Crippen molar-refractivity contribution >= 4 is 29.0 Å². The van der Waals surface area contributed by atoms with Crippen molar-refractivity contribution in [3.8, 4) is 10.8 Å². The molecule has 3 rings (SSSR count). The number of thioether (sulfide) groups is 1. The van der Waals surface area contributed by atoms with Gasteiger partial charge in [0.2, 0.25) is 5.91 Å². The molecule has 1 aliphatic carbocycles. The second-order valence-corrected chi connectivity index (χ2v) is 9.43. The maximum absolute atomic E-state index is 11.9. The average molecular weight is 366 g/mol. The van der Waals surface area contributed by atoms with Gasteiger partial charge in [-0.1, -0.05) is 18.7 Å². The molecule has 5 nitrogen and oxygen atoms in total. The molecule has 2 aromatic rings. The normalized spacial score (nSPS) is 17.6. The van der Waals surface area contributed by atoms with Crippen LogP contribution in [-0.2, 0) is 17.6 Å². The molecule has 130 valence electrons. The van der Waals surface area contributed by atoms with E-state index in [9.17, 15) is 4.79 Å². The van der Waals surface area contributed by atoms with Gasteiger partial charge in [0, 0.05) is 10.4 Å². The number of aryl methyl sites for hydroxylation is 1. The number of nitrogens with one attached hydrogen (secondary N) is 1. The monoisotopic (exact) mass is 365 g/mol. The largest absolute Gasteiger partial charge is 0.410 e. The Labute approximate surface area is 150 Å². The molecule has 0 aliphatic heterocycles. The van der Waals surface area contributed by atoms with Crippen LogP contribution in [-0.4, -0.2) is 27.4 Å². The third-order valence-electron chi connectivity index (χ3n) is 3.79. The van der Waals surface area contributed by atoms with E-state index in [2.05, 4.69) is 28.5 Å². The van der Waals surface area contributed by atoms with Crippen LogP contribution in [0.1, 0.15) is 44.6 Å². The molecule has 0 saturated heterocycles. The Kier molecular flexibility index (Phi) is 5.01. The first-order valence-corrected chi connectivity index (χ1v) is 9.99. The lowest BCUT2D eigenvalue weighted by Gasteiger charge is -2.19. The van der Waals surface area contributed by atoms with Crippen LogP contribution in [0.5, 0.6) is 0 Å². The van der Waals surface area contributed by atoms with Gasteiger partial charge in [0.25, 0.3) is 11.1 Å². The summed E-state index contributed by atoms with van der Waals surface area (Å²) >= 11 is 3.02. The Morgan fingerprint density at radius 2 is 2.25 bits per heavy atom. The van der Waals surface area contributed by atoms with Gasteiger partial charge < -0.3 is 9.73 Å². The van der Waals surface area contributed by atoms with Crippen LogP contribution in [0.15, 0.2) is 15.7 Å². The summed E-state index contributed by atoms with van der Waals surface area (Å²) in [6.07, 6.45) is 3.53. The van der Waals surface area contributed by atoms with Crippen molar-refractivity contribution in [2.24, 2.45) is 5.92 Å². The van der Waals surface area contributed by atoms with E-state index >= 15 is 0 Å². The quantitative estimate of drug-likeness (QED) is 0.832. The number of hydrogen-bond donors (Lipinski definition) is 1. The zero-order valence-corrected chi connectivity index (χ0v) is 16.1. The van der Waals surface area contributed by atoms with Gasteiger partial charge in [-0.3, -0.25) is 4.79 Å². The summed E-state index contributed by atoms with van der Waals surface area (Å²) in [6, 6.07) is 2.18. The standard InChI is InChI=1S/C17H23N3O2S2/c1-10-5-6-12-11(7-10)8-13(24-12)15-19-20-16(22-15)23-9-14(21)18-17(2,3)4/h8,10H,5-7,9H2,1-4H3,(H,18,21)/t10-/m0/s1. The minimum absolute atomic E-state index is 0.0344. The summed E-state index contributed by atoms with van der Waals surface area (Å²) in [7, 11) is 0. The van der Waals surface area contributed by atoms with Gasteiger partial charge in [0.05, 0.1) is 10.6 Å². The van der Waals surface area contributed by atoms with Gasteiger partial charge in [-0.05, 0) is 57.6 Å². The van der Waals surface area contributed by atoms with Gasteiger partial charge in [-0.25, -0.2) is 0 Å². The summed E-state index contributed by atoms with van der Waals surface area (Å²) in [5.41, 5.74) is 1.19. The van der Waals surface area contributed by atoms with Crippen molar-refractivity contribution < 1.29 is 9.21 Å². The lowest BCUT2D eigenvalue weighted by atomic mass is 9.90. The minimum atomic E-state index is -0.231. The van der Waals surface area contributed by atoms with Crippen molar-refractivity contribution in [3.05, 3.63) is 16.5 Å². The molecule has 7 heteroatoms. The van der Waals surface area contributed by atoms with Crippen molar-refractivity contribution in [3.63, 3.8) is 0 Å². The average Bonchev–Trinajstić information content (AvgIpc) is 3.08. The third-order valence-corrected chi connectivity index (χ3v) is 5.83. The molecule has 0 fully saturated rings. The molecule has 0 radical (unpaired) electrons. The Morgan fingerprint density at radius 1 is 1.46 bits per heavy atom. The summed E-state index contributed by atoms with van der Waals surface area (Å²) in [5, 5.41) is 11.6. The number of nitrogens with zero attached hydrogens (tertiary/aromatic N) is 2. The fourth-order valence-corrected chi connectivity index (χ4v) is 4.45. The topological polar surface area (TPSA) is 68.0 Å². The summed E-state index contributed by atoms with van der Waals surface area (Å²) in [6.45, 7) is 8.17. The molecule has 0 saturated carbocycles. The van der Waals surface area contributed by atoms with E-state index in [1.165, 1.54) is 28.6 Å². The molecule has 24 heavy (non-hydrogen) atoms. The van der Waals surface area contributed by atoms with Crippen molar-refractivity contribution in [1.82, 2.24) is 15.5 Å². The van der Waals surface area contributed by atoms with E-state index in [1.54, 1.807) is 11.3 Å². The van der Waals surface area contributed by atoms with Crippen LogP contribution in [0.3, 0.4) is 0 Å². The van der Waals surface area contributed by atoms with E-state index in [1.807, 2.05) is 20.8 Å². The van der Waals surface area contributed by atoms with E-state index in [-0.39, 0.29) is 17.2 Å². The predicted molar refractivity (Wildman–Crippen MR) is 97.4 cm³/mol. The highest BCUT2D eigenvalue weighted by Crippen LogP contribution is 2.37. The van der Waals surface area contributed by atoms with E-state index in [0.29, 0.717) is 11.1 Å². The lowest BCUT2D eigenvalue weighted by molar-refractivity contribution is -0.119.